The summed E-state index contributed by atoms with van der Waals surface area (Å²) in [6.45, 7) is 0.879. The maximum atomic E-state index is 11.9. The number of benzene rings is 1. The van der Waals surface area contributed by atoms with E-state index >= 15 is 0 Å². The van der Waals surface area contributed by atoms with E-state index in [2.05, 4.69) is 4.90 Å². The summed E-state index contributed by atoms with van der Waals surface area (Å²) >= 11 is 0. The van der Waals surface area contributed by atoms with Gasteiger partial charge in [-0.05, 0) is 30.5 Å². The van der Waals surface area contributed by atoms with Crippen molar-refractivity contribution >= 4 is 5.78 Å². The molecule has 0 bridgehead atoms. The van der Waals surface area contributed by atoms with Crippen molar-refractivity contribution in [3.8, 4) is 5.75 Å². The van der Waals surface area contributed by atoms with E-state index in [9.17, 15) is 9.90 Å². The van der Waals surface area contributed by atoms with Gasteiger partial charge in [-0.15, -0.1) is 0 Å². The fraction of sp³-hybridized carbons (Fsp3) is 0.462. The van der Waals surface area contributed by atoms with E-state index in [1.54, 1.807) is 18.2 Å². The highest BCUT2D eigenvalue weighted by atomic mass is 16.3. The fourth-order valence-corrected chi connectivity index (χ4v) is 2.56. The van der Waals surface area contributed by atoms with Gasteiger partial charge < -0.3 is 5.11 Å². The Morgan fingerprint density at radius 3 is 2.81 bits per heavy atom. The molecule has 1 saturated carbocycles. The Balaban J connectivity index is 1.93. The molecular weight excluding hydrogens is 202 g/mol. The van der Waals surface area contributed by atoms with Crippen molar-refractivity contribution in [2.24, 2.45) is 0 Å². The summed E-state index contributed by atoms with van der Waals surface area (Å²) in [6, 6.07) is 7.58. The Kier molecular flexibility index (Phi) is 2.21. The second-order valence-electron chi connectivity index (χ2n) is 4.68. The second kappa shape index (κ2) is 3.59. The van der Waals surface area contributed by atoms with Gasteiger partial charge in [0.25, 0.3) is 0 Å². The average molecular weight is 217 g/mol. The number of hydrogen-bond acceptors (Lipinski definition) is 3. The molecule has 1 heterocycles. The molecule has 1 saturated heterocycles. The predicted molar refractivity (Wildman–Crippen MR) is 60.2 cm³/mol. The van der Waals surface area contributed by atoms with Gasteiger partial charge >= 0.3 is 0 Å². The first-order valence-corrected chi connectivity index (χ1v) is 5.83. The highest BCUT2D eigenvalue weighted by Gasteiger charge is 2.41. The molecule has 1 atom stereocenters. The van der Waals surface area contributed by atoms with Gasteiger partial charge in [-0.1, -0.05) is 12.1 Å². The van der Waals surface area contributed by atoms with E-state index in [1.807, 2.05) is 6.07 Å². The van der Waals surface area contributed by atoms with Crippen molar-refractivity contribution in [3.63, 3.8) is 0 Å². The quantitative estimate of drug-likeness (QED) is 0.822. The summed E-state index contributed by atoms with van der Waals surface area (Å²) in [7, 11) is 0. The van der Waals surface area contributed by atoms with E-state index in [0.717, 1.165) is 12.1 Å². The Morgan fingerprint density at radius 1 is 1.31 bits per heavy atom. The molecule has 1 aromatic carbocycles. The zero-order chi connectivity index (χ0) is 11.1. The highest BCUT2D eigenvalue weighted by molar-refractivity contribution is 5.87. The summed E-state index contributed by atoms with van der Waals surface area (Å²) in [5.41, 5.74) is 0.939. The number of likely N-dealkylation sites (tertiary alicyclic amines) is 1. The lowest BCUT2D eigenvalue weighted by molar-refractivity contribution is -0.120. The zero-order valence-corrected chi connectivity index (χ0v) is 9.10. The lowest BCUT2D eigenvalue weighted by Gasteiger charge is -2.23. The van der Waals surface area contributed by atoms with Gasteiger partial charge in [-0.2, -0.15) is 0 Å². The van der Waals surface area contributed by atoms with Crippen molar-refractivity contribution in [1.82, 2.24) is 4.90 Å². The van der Waals surface area contributed by atoms with E-state index in [4.69, 9.17) is 0 Å². The van der Waals surface area contributed by atoms with Crippen molar-refractivity contribution in [1.29, 1.82) is 0 Å². The van der Waals surface area contributed by atoms with Crippen molar-refractivity contribution in [2.45, 2.75) is 31.3 Å². The number of ketones is 1. The van der Waals surface area contributed by atoms with Crippen LogP contribution in [0, 0.1) is 0 Å². The minimum Gasteiger partial charge on any atom is -0.508 e. The number of rotatable bonds is 2. The number of phenolic OH excluding ortho intramolecular Hbond substituents is 1. The first kappa shape index (κ1) is 9.85. The Labute approximate surface area is 94.7 Å². The molecule has 3 heteroatoms. The smallest absolute Gasteiger partial charge is 0.155 e. The molecule has 0 radical (unpaired) electrons. The molecule has 0 spiro atoms. The monoisotopic (exact) mass is 217 g/mol. The number of nitrogens with zero attached hydrogens (tertiary/aromatic N) is 1. The van der Waals surface area contributed by atoms with Crippen LogP contribution in [0.15, 0.2) is 24.3 Å². The van der Waals surface area contributed by atoms with E-state index < -0.39 is 0 Å². The van der Waals surface area contributed by atoms with Gasteiger partial charge in [0.05, 0.1) is 6.04 Å². The van der Waals surface area contributed by atoms with E-state index in [0.29, 0.717) is 12.5 Å². The molecule has 1 unspecified atom stereocenters. The molecule has 1 aliphatic heterocycles. The maximum absolute atomic E-state index is 11.9. The topological polar surface area (TPSA) is 40.5 Å². The zero-order valence-electron chi connectivity index (χ0n) is 9.10. The van der Waals surface area contributed by atoms with Gasteiger partial charge in [0, 0.05) is 19.0 Å². The third kappa shape index (κ3) is 1.61. The average Bonchev–Trinajstić information content (AvgIpc) is 3.02. The maximum Gasteiger partial charge on any atom is 0.155 e. The van der Waals surface area contributed by atoms with Gasteiger partial charge in [-0.25, -0.2) is 0 Å². The normalized spacial score (nSPS) is 26.2. The third-order valence-corrected chi connectivity index (χ3v) is 3.45. The van der Waals surface area contributed by atoms with Crippen molar-refractivity contribution < 1.29 is 9.90 Å². The number of carbonyl (C=O) groups excluding carboxylic acids is 1. The SMILES string of the molecule is O=C1CCN(C2CC2)C1c1cccc(O)c1. The molecule has 0 aromatic heterocycles. The molecule has 1 N–H and O–H groups in total. The molecule has 84 valence electrons. The van der Waals surface area contributed by atoms with E-state index in [1.165, 1.54) is 12.8 Å². The third-order valence-electron chi connectivity index (χ3n) is 3.45. The van der Waals surface area contributed by atoms with Crippen LogP contribution in [0.4, 0.5) is 0 Å². The van der Waals surface area contributed by atoms with Gasteiger partial charge in [0.1, 0.15) is 5.75 Å². The number of hydrogen-bond donors (Lipinski definition) is 1. The standard InChI is InChI=1S/C13H15NO2/c15-11-3-1-2-9(8-11)13-12(16)6-7-14(13)10-4-5-10/h1-3,8,10,13,15H,4-7H2. The number of carbonyl (C=O) groups is 1. The largest absolute Gasteiger partial charge is 0.508 e. The Morgan fingerprint density at radius 2 is 2.12 bits per heavy atom. The van der Waals surface area contributed by atoms with Gasteiger partial charge in [-0.3, -0.25) is 9.69 Å². The van der Waals surface area contributed by atoms with Crippen LogP contribution in [0.1, 0.15) is 30.9 Å². The molecule has 3 rings (SSSR count). The molecule has 2 aliphatic rings. The summed E-state index contributed by atoms with van der Waals surface area (Å²) < 4.78 is 0. The Hall–Kier alpha value is -1.35. The molecule has 16 heavy (non-hydrogen) atoms. The number of Topliss-reactive ketones (excluding diaryl/α,β-unsaturated/α-hetero) is 1. The van der Waals surface area contributed by atoms with Crippen LogP contribution in [0.25, 0.3) is 0 Å². The van der Waals surface area contributed by atoms with Crippen LogP contribution < -0.4 is 0 Å². The van der Waals surface area contributed by atoms with Crippen LogP contribution in [0.2, 0.25) is 0 Å². The summed E-state index contributed by atoms with van der Waals surface area (Å²) in [4.78, 5) is 14.2. The molecule has 2 fully saturated rings. The molecule has 1 aliphatic carbocycles. The summed E-state index contributed by atoms with van der Waals surface area (Å²) in [5.74, 6) is 0.533. The lowest BCUT2D eigenvalue weighted by Crippen LogP contribution is -2.27. The van der Waals surface area contributed by atoms with Crippen LogP contribution in [0.3, 0.4) is 0 Å². The van der Waals surface area contributed by atoms with Gasteiger partial charge in [0.15, 0.2) is 5.78 Å². The summed E-state index contributed by atoms with van der Waals surface area (Å²) in [5, 5.41) is 9.47. The van der Waals surface area contributed by atoms with Crippen LogP contribution in [-0.2, 0) is 4.79 Å². The fourth-order valence-electron chi connectivity index (χ4n) is 2.56. The van der Waals surface area contributed by atoms with Crippen LogP contribution in [0.5, 0.6) is 5.75 Å². The molecular formula is C13H15NO2. The lowest BCUT2D eigenvalue weighted by atomic mass is 10.0. The van der Waals surface area contributed by atoms with Crippen molar-refractivity contribution in [3.05, 3.63) is 29.8 Å². The summed E-state index contributed by atoms with van der Waals surface area (Å²) in [6.07, 6.45) is 3.07. The van der Waals surface area contributed by atoms with Crippen molar-refractivity contribution in [2.75, 3.05) is 6.54 Å². The molecule has 0 amide bonds. The predicted octanol–water partition coefficient (Wildman–Crippen LogP) is 1.87. The van der Waals surface area contributed by atoms with Crippen LogP contribution >= 0.6 is 0 Å². The van der Waals surface area contributed by atoms with Crippen LogP contribution in [-0.4, -0.2) is 28.4 Å². The second-order valence-corrected chi connectivity index (χ2v) is 4.68. The minimum absolute atomic E-state index is 0.111. The molecule has 1 aromatic rings. The minimum atomic E-state index is -0.111. The first-order valence-electron chi connectivity index (χ1n) is 5.83. The highest BCUT2D eigenvalue weighted by Crippen LogP contribution is 2.39. The first-order chi connectivity index (χ1) is 7.75. The Bertz CT molecular complexity index is 426. The number of aromatic hydroxyl groups is 1. The molecule has 3 nitrogen and oxygen atoms in total. The number of phenols is 1. The van der Waals surface area contributed by atoms with E-state index in [-0.39, 0.29) is 17.6 Å². The van der Waals surface area contributed by atoms with Gasteiger partial charge in [0.2, 0.25) is 0 Å².